The molecule has 5 nitrogen and oxygen atoms in total. The van der Waals surface area contributed by atoms with Gasteiger partial charge in [-0.05, 0) is 25.1 Å². The summed E-state index contributed by atoms with van der Waals surface area (Å²) in [6.45, 7) is 6.03. The number of hydrogen-bond acceptors (Lipinski definition) is 4. The van der Waals surface area contributed by atoms with E-state index in [9.17, 15) is 10.1 Å². The summed E-state index contributed by atoms with van der Waals surface area (Å²) in [5, 5.41) is 19.9. The molecule has 1 aromatic carbocycles. The number of aromatic carboxylic acids is 1. The molecule has 3 aromatic rings. The van der Waals surface area contributed by atoms with Gasteiger partial charge in [-0.15, -0.1) is 17.9 Å². The molecular weight excluding hydrogens is 310 g/mol. The van der Waals surface area contributed by atoms with Gasteiger partial charge in [-0.1, -0.05) is 6.08 Å². The van der Waals surface area contributed by atoms with Crippen molar-refractivity contribution in [2.24, 2.45) is 0 Å². The minimum atomic E-state index is -0.970. The van der Waals surface area contributed by atoms with Crippen LogP contribution in [0.25, 0.3) is 21.5 Å². The molecule has 6 heteroatoms. The zero-order valence-corrected chi connectivity index (χ0v) is 13.2. The number of aryl methyl sites for hydroxylation is 1. The topological polar surface area (TPSA) is 78.9 Å². The number of carboxylic acids is 1. The molecule has 0 saturated carbocycles. The molecule has 0 bridgehead atoms. The van der Waals surface area contributed by atoms with Gasteiger partial charge in [0.25, 0.3) is 0 Å². The van der Waals surface area contributed by atoms with Crippen molar-refractivity contribution < 1.29 is 9.90 Å². The maximum absolute atomic E-state index is 11.2. The smallest absolute Gasteiger partial charge is 0.347 e. The SMILES string of the molecule is C=CCn1cc(C#N)c2cc(-c3nc(C)c(C(=O)O)s3)ccc21. The predicted molar refractivity (Wildman–Crippen MR) is 89.7 cm³/mol. The molecule has 0 amide bonds. The standard InChI is InChI=1S/C17H13N3O2S/c1-3-6-20-9-12(8-18)13-7-11(4-5-14(13)20)16-19-10(2)15(23-16)17(21)22/h3-5,7,9H,1,6H2,2H3,(H,21,22). The summed E-state index contributed by atoms with van der Waals surface area (Å²) >= 11 is 1.14. The van der Waals surface area contributed by atoms with Crippen LogP contribution in [0, 0.1) is 18.3 Å². The van der Waals surface area contributed by atoms with E-state index in [4.69, 9.17) is 5.11 Å². The molecule has 23 heavy (non-hydrogen) atoms. The Morgan fingerprint density at radius 2 is 2.35 bits per heavy atom. The van der Waals surface area contributed by atoms with E-state index in [1.165, 1.54) is 0 Å². The molecule has 0 radical (unpaired) electrons. The average Bonchev–Trinajstić information content (AvgIpc) is 3.08. The molecular formula is C17H13N3O2S. The number of carboxylic acid groups (broad SMARTS) is 1. The number of nitrogens with zero attached hydrogens (tertiary/aromatic N) is 3. The van der Waals surface area contributed by atoms with Gasteiger partial charge in [0, 0.05) is 29.2 Å². The van der Waals surface area contributed by atoms with Gasteiger partial charge < -0.3 is 9.67 Å². The molecule has 0 aliphatic heterocycles. The number of hydrogen-bond donors (Lipinski definition) is 1. The monoisotopic (exact) mass is 323 g/mol. The molecule has 0 spiro atoms. The number of thiazole rings is 1. The molecule has 3 rings (SSSR count). The Kier molecular flexibility index (Phi) is 3.72. The zero-order valence-electron chi connectivity index (χ0n) is 12.4. The van der Waals surface area contributed by atoms with Crippen LogP contribution in [0.4, 0.5) is 0 Å². The third-order valence-electron chi connectivity index (χ3n) is 3.57. The third-order valence-corrected chi connectivity index (χ3v) is 4.76. The Morgan fingerprint density at radius 1 is 1.57 bits per heavy atom. The molecule has 0 aliphatic carbocycles. The Hall–Kier alpha value is -2.91. The van der Waals surface area contributed by atoms with Crippen LogP contribution in [-0.2, 0) is 6.54 Å². The number of aromatic nitrogens is 2. The summed E-state index contributed by atoms with van der Waals surface area (Å²) in [5.74, 6) is -0.970. The first kappa shape index (κ1) is 15.0. The van der Waals surface area contributed by atoms with Crippen LogP contribution in [0.3, 0.4) is 0 Å². The highest BCUT2D eigenvalue weighted by Gasteiger charge is 2.16. The summed E-state index contributed by atoms with van der Waals surface area (Å²) in [5.41, 5.74) is 2.83. The van der Waals surface area contributed by atoms with Gasteiger partial charge in [0.2, 0.25) is 0 Å². The van der Waals surface area contributed by atoms with E-state index in [2.05, 4.69) is 17.6 Å². The molecule has 2 aromatic heterocycles. The van der Waals surface area contributed by atoms with Gasteiger partial charge >= 0.3 is 5.97 Å². The maximum Gasteiger partial charge on any atom is 0.347 e. The zero-order chi connectivity index (χ0) is 16.6. The van der Waals surface area contributed by atoms with Crippen LogP contribution in [0.15, 0.2) is 37.1 Å². The highest BCUT2D eigenvalue weighted by atomic mass is 32.1. The fourth-order valence-corrected chi connectivity index (χ4v) is 3.43. The van der Waals surface area contributed by atoms with Gasteiger partial charge in [-0.25, -0.2) is 9.78 Å². The lowest BCUT2D eigenvalue weighted by Crippen LogP contribution is -1.94. The van der Waals surface area contributed by atoms with E-state index in [0.717, 1.165) is 27.8 Å². The molecule has 0 fully saturated rings. The van der Waals surface area contributed by atoms with E-state index in [0.29, 0.717) is 22.8 Å². The first-order valence-corrected chi connectivity index (χ1v) is 7.71. The van der Waals surface area contributed by atoms with Crippen molar-refractivity contribution in [3.05, 3.63) is 53.2 Å². The van der Waals surface area contributed by atoms with Crippen molar-refractivity contribution in [2.75, 3.05) is 0 Å². The first-order chi connectivity index (χ1) is 11.0. The Labute approximate surface area is 136 Å². The highest BCUT2D eigenvalue weighted by Crippen LogP contribution is 2.31. The van der Waals surface area contributed by atoms with E-state index >= 15 is 0 Å². The van der Waals surface area contributed by atoms with Crippen molar-refractivity contribution in [3.8, 4) is 16.6 Å². The average molecular weight is 323 g/mol. The normalized spacial score (nSPS) is 10.6. The van der Waals surface area contributed by atoms with Crippen molar-refractivity contribution >= 4 is 28.2 Å². The lowest BCUT2D eigenvalue weighted by atomic mass is 10.1. The summed E-state index contributed by atoms with van der Waals surface area (Å²) in [6.07, 6.45) is 3.57. The van der Waals surface area contributed by atoms with Crippen LogP contribution in [0.5, 0.6) is 0 Å². The lowest BCUT2D eigenvalue weighted by Gasteiger charge is -2.02. The first-order valence-electron chi connectivity index (χ1n) is 6.90. The minimum Gasteiger partial charge on any atom is -0.477 e. The molecule has 0 saturated heterocycles. The highest BCUT2D eigenvalue weighted by molar-refractivity contribution is 7.17. The van der Waals surface area contributed by atoms with E-state index in [1.54, 1.807) is 19.2 Å². The van der Waals surface area contributed by atoms with Gasteiger partial charge in [-0.2, -0.15) is 5.26 Å². The Bertz CT molecular complexity index is 976. The van der Waals surface area contributed by atoms with Gasteiger partial charge in [-0.3, -0.25) is 0 Å². The summed E-state index contributed by atoms with van der Waals surface area (Å²) in [6, 6.07) is 7.90. The quantitative estimate of drug-likeness (QED) is 0.740. The fourth-order valence-electron chi connectivity index (χ4n) is 2.53. The second-order valence-corrected chi connectivity index (χ2v) is 6.07. The predicted octanol–water partition coefficient (Wildman–Crippen LogP) is 3.83. The van der Waals surface area contributed by atoms with Gasteiger partial charge in [0.15, 0.2) is 0 Å². The van der Waals surface area contributed by atoms with Crippen molar-refractivity contribution in [2.45, 2.75) is 13.5 Å². The number of rotatable bonds is 4. The van der Waals surface area contributed by atoms with Crippen LogP contribution in [0.2, 0.25) is 0 Å². The fraction of sp³-hybridized carbons (Fsp3) is 0.118. The number of allylic oxidation sites excluding steroid dienone is 1. The molecule has 1 N–H and O–H groups in total. The number of benzene rings is 1. The van der Waals surface area contributed by atoms with Gasteiger partial charge in [0.05, 0.1) is 11.3 Å². The minimum absolute atomic E-state index is 0.241. The second kappa shape index (κ2) is 5.71. The molecule has 2 heterocycles. The van der Waals surface area contributed by atoms with Crippen LogP contribution in [0.1, 0.15) is 20.9 Å². The van der Waals surface area contributed by atoms with Crippen molar-refractivity contribution in [1.82, 2.24) is 9.55 Å². The molecule has 114 valence electrons. The number of carbonyl (C=O) groups is 1. The summed E-state index contributed by atoms with van der Waals surface area (Å²) < 4.78 is 1.96. The van der Waals surface area contributed by atoms with Crippen molar-refractivity contribution in [3.63, 3.8) is 0 Å². The van der Waals surface area contributed by atoms with E-state index in [-0.39, 0.29) is 4.88 Å². The molecule has 0 aliphatic rings. The summed E-state index contributed by atoms with van der Waals surface area (Å²) in [7, 11) is 0. The number of nitriles is 1. The van der Waals surface area contributed by atoms with E-state index in [1.807, 2.05) is 22.8 Å². The Morgan fingerprint density at radius 3 is 2.96 bits per heavy atom. The maximum atomic E-state index is 11.2. The molecule has 0 atom stereocenters. The van der Waals surface area contributed by atoms with Crippen molar-refractivity contribution in [1.29, 1.82) is 5.26 Å². The van der Waals surface area contributed by atoms with Crippen LogP contribution in [-0.4, -0.2) is 20.6 Å². The van der Waals surface area contributed by atoms with Gasteiger partial charge in [0.1, 0.15) is 16.0 Å². The third kappa shape index (κ3) is 2.51. The van der Waals surface area contributed by atoms with Crippen LogP contribution >= 0.6 is 11.3 Å². The lowest BCUT2D eigenvalue weighted by molar-refractivity contribution is 0.0701. The summed E-state index contributed by atoms with van der Waals surface area (Å²) in [4.78, 5) is 15.7. The van der Waals surface area contributed by atoms with Crippen LogP contribution < -0.4 is 0 Å². The van der Waals surface area contributed by atoms with E-state index < -0.39 is 5.97 Å². The number of fused-ring (bicyclic) bond motifs is 1. The Balaban J connectivity index is 2.17. The largest absolute Gasteiger partial charge is 0.477 e. The second-order valence-electron chi connectivity index (χ2n) is 5.07. The molecule has 0 unspecified atom stereocenters.